The summed E-state index contributed by atoms with van der Waals surface area (Å²) in [5.41, 5.74) is 1.41. The van der Waals surface area contributed by atoms with E-state index in [0.717, 1.165) is 0 Å². The van der Waals surface area contributed by atoms with Crippen LogP contribution in [0.1, 0.15) is 21.5 Å². The number of carboxylic acids is 1. The van der Waals surface area contributed by atoms with Crippen molar-refractivity contribution in [3.05, 3.63) is 16.7 Å². The van der Waals surface area contributed by atoms with Gasteiger partial charge in [-0.1, -0.05) is 0 Å². The molecule has 6 heteroatoms. The van der Waals surface area contributed by atoms with Crippen molar-refractivity contribution in [1.82, 2.24) is 0 Å². The summed E-state index contributed by atoms with van der Waals surface area (Å²) in [4.78, 5) is 22.9. The Bertz CT molecular complexity index is 554. The van der Waals surface area contributed by atoms with Gasteiger partial charge in [0.2, 0.25) is 0 Å². The first-order valence-corrected chi connectivity index (χ1v) is 5.94. The van der Waals surface area contributed by atoms with Crippen LogP contribution in [-0.4, -0.2) is 37.2 Å². The standard InChI is InChI=1S/C13H12O6/c1-17-11-7-3-5-18-10(7)8(9(14)13(15)16)6-2-4-19-12(6)11/h2-5H2,1H3,(H,15,16). The molecule has 0 atom stereocenters. The molecule has 0 fully saturated rings. The van der Waals surface area contributed by atoms with E-state index in [9.17, 15) is 9.59 Å². The van der Waals surface area contributed by atoms with Crippen molar-refractivity contribution in [2.24, 2.45) is 0 Å². The first kappa shape index (κ1) is 11.8. The number of benzene rings is 1. The van der Waals surface area contributed by atoms with Gasteiger partial charge < -0.3 is 19.3 Å². The number of aliphatic carboxylic acids is 1. The fourth-order valence-electron chi connectivity index (χ4n) is 2.63. The van der Waals surface area contributed by atoms with Gasteiger partial charge in [-0.3, -0.25) is 4.79 Å². The zero-order chi connectivity index (χ0) is 13.6. The van der Waals surface area contributed by atoms with Gasteiger partial charge in [-0.2, -0.15) is 0 Å². The van der Waals surface area contributed by atoms with Gasteiger partial charge in [-0.25, -0.2) is 4.79 Å². The maximum absolute atomic E-state index is 11.9. The summed E-state index contributed by atoms with van der Waals surface area (Å²) >= 11 is 0. The van der Waals surface area contributed by atoms with Gasteiger partial charge in [0.25, 0.3) is 5.78 Å². The molecule has 6 nitrogen and oxygen atoms in total. The van der Waals surface area contributed by atoms with Crippen molar-refractivity contribution >= 4 is 11.8 Å². The summed E-state index contributed by atoms with van der Waals surface area (Å²) < 4.78 is 16.3. The van der Waals surface area contributed by atoms with E-state index in [2.05, 4.69) is 0 Å². The third-order valence-corrected chi connectivity index (χ3v) is 3.38. The summed E-state index contributed by atoms with van der Waals surface area (Å²) in [6.45, 7) is 0.822. The van der Waals surface area contributed by atoms with Crippen LogP contribution in [0.2, 0.25) is 0 Å². The maximum atomic E-state index is 11.9. The lowest BCUT2D eigenvalue weighted by Gasteiger charge is -2.14. The molecule has 100 valence electrons. The average molecular weight is 264 g/mol. The first-order chi connectivity index (χ1) is 9.15. The molecule has 0 saturated carbocycles. The largest absolute Gasteiger partial charge is 0.492 e. The van der Waals surface area contributed by atoms with Crippen molar-refractivity contribution < 1.29 is 28.9 Å². The zero-order valence-electron chi connectivity index (χ0n) is 10.3. The second kappa shape index (κ2) is 4.15. The minimum Gasteiger partial charge on any atom is -0.492 e. The van der Waals surface area contributed by atoms with Gasteiger partial charge >= 0.3 is 5.97 Å². The highest BCUT2D eigenvalue weighted by Gasteiger charge is 2.36. The predicted molar refractivity (Wildman–Crippen MR) is 63.4 cm³/mol. The minimum absolute atomic E-state index is 0.119. The van der Waals surface area contributed by atoms with E-state index in [1.807, 2.05) is 0 Å². The molecule has 0 bridgehead atoms. The normalized spacial score (nSPS) is 15.2. The van der Waals surface area contributed by atoms with Crippen molar-refractivity contribution in [2.75, 3.05) is 20.3 Å². The number of methoxy groups -OCH3 is 1. The number of fused-ring (bicyclic) bond motifs is 2. The molecule has 0 aromatic heterocycles. The van der Waals surface area contributed by atoms with E-state index in [0.29, 0.717) is 54.4 Å². The number of carboxylic acid groups (broad SMARTS) is 1. The van der Waals surface area contributed by atoms with Crippen LogP contribution in [0.15, 0.2) is 0 Å². The van der Waals surface area contributed by atoms with Crippen LogP contribution in [0, 0.1) is 0 Å². The number of hydrogen-bond donors (Lipinski definition) is 1. The molecular formula is C13H12O6. The number of carbonyl (C=O) groups excluding carboxylic acids is 1. The highest BCUT2D eigenvalue weighted by Crippen LogP contribution is 2.49. The van der Waals surface area contributed by atoms with E-state index in [1.165, 1.54) is 7.11 Å². The van der Waals surface area contributed by atoms with Crippen LogP contribution < -0.4 is 14.2 Å². The molecule has 19 heavy (non-hydrogen) atoms. The third kappa shape index (κ3) is 1.56. The lowest BCUT2D eigenvalue weighted by Crippen LogP contribution is -2.16. The highest BCUT2D eigenvalue weighted by atomic mass is 16.5. The molecule has 0 spiro atoms. The molecule has 3 rings (SSSR count). The predicted octanol–water partition coefficient (Wildman–Crippen LogP) is 0.832. The molecule has 0 radical (unpaired) electrons. The van der Waals surface area contributed by atoms with E-state index in [1.54, 1.807) is 0 Å². The van der Waals surface area contributed by atoms with E-state index < -0.39 is 11.8 Å². The van der Waals surface area contributed by atoms with Gasteiger partial charge in [0, 0.05) is 24.0 Å². The van der Waals surface area contributed by atoms with Gasteiger partial charge in [0.05, 0.1) is 25.9 Å². The monoisotopic (exact) mass is 264 g/mol. The van der Waals surface area contributed by atoms with Crippen LogP contribution in [-0.2, 0) is 17.6 Å². The number of ether oxygens (including phenoxy) is 3. The van der Waals surface area contributed by atoms with Crippen molar-refractivity contribution in [1.29, 1.82) is 0 Å². The van der Waals surface area contributed by atoms with Gasteiger partial charge in [-0.05, 0) is 0 Å². The molecule has 0 amide bonds. The van der Waals surface area contributed by atoms with E-state index >= 15 is 0 Å². The van der Waals surface area contributed by atoms with Crippen molar-refractivity contribution in [3.8, 4) is 17.2 Å². The van der Waals surface area contributed by atoms with Crippen molar-refractivity contribution in [3.63, 3.8) is 0 Å². The molecular weight excluding hydrogens is 252 g/mol. The Hall–Kier alpha value is -2.24. The van der Waals surface area contributed by atoms with Crippen LogP contribution in [0.5, 0.6) is 17.2 Å². The molecule has 0 saturated heterocycles. The van der Waals surface area contributed by atoms with E-state index in [4.69, 9.17) is 19.3 Å². The van der Waals surface area contributed by atoms with Gasteiger partial charge in [0.15, 0.2) is 11.5 Å². The molecule has 2 heterocycles. The molecule has 2 aliphatic rings. The topological polar surface area (TPSA) is 82.1 Å². The van der Waals surface area contributed by atoms with E-state index in [-0.39, 0.29) is 5.56 Å². The zero-order valence-corrected chi connectivity index (χ0v) is 10.3. The fraction of sp³-hybridized carbons (Fsp3) is 0.385. The SMILES string of the molecule is COc1c2c(c(C(=O)C(=O)O)c3c1OCC3)OCC2. The molecule has 1 N–H and O–H groups in total. The summed E-state index contributed by atoms with van der Waals surface area (Å²) in [7, 11) is 1.52. The average Bonchev–Trinajstić information content (AvgIpc) is 3.02. The summed E-state index contributed by atoms with van der Waals surface area (Å²) in [6.07, 6.45) is 1.06. The van der Waals surface area contributed by atoms with Gasteiger partial charge in [-0.15, -0.1) is 0 Å². The lowest BCUT2D eigenvalue weighted by molar-refractivity contribution is -0.131. The van der Waals surface area contributed by atoms with Crippen LogP contribution in [0.25, 0.3) is 0 Å². The molecule has 1 aromatic carbocycles. The Morgan fingerprint density at radius 1 is 1.11 bits per heavy atom. The molecule has 1 aromatic rings. The maximum Gasteiger partial charge on any atom is 0.377 e. The van der Waals surface area contributed by atoms with Crippen LogP contribution in [0.4, 0.5) is 0 Å². The number of rotatable bonds is 3. The second-order valence-corrected chi connectivity index (χ2v) is 4.35. The van der Waals surface area contributed by atoms with Crippen molar-refractivity contribution in [2.45, 2.75) is 12.8 Å². The highest BCUT2D eigenvalue weighted by molar-refractivity contribution is 6.41. The molecule has 0 unspecified atom stereocenters. The molecule has 0 aliphatic carbocycles. The second-order valence-electron chi connectivity index (χ2n) is 4.35. The lowest BCUT2D eigenvalue weighted by atomic mass is 9.95. The Balaban J connectivity index is 2.31. The smallest absolute Gasteiger partial charge is 0.377 e. The number of Topliss-reactive ketones (excluding diaryl/α,β-unsaturated/α-hetero) is 1. The van der Waals surface area contributed by atoms with Crippen LogP contribution >= 0.6 is 0 Å². The molecule has 2 aliphatic heterocycles. The fourth-order valence-corrected chi connectivity index (χ4v) is 2.63. The summed E-state index contributed by atoms with van der Waals surface area (Å²) in [5.74, 6) is -1.06. The Labute approximate surface area is 108 Å². The minimum atomic E-state index is -1.49. The van der Waals surface area contributed by atoms with Gasteiger partial charge in [0.1, 0.15) is 5.75 Å². The number of hydrogen-bond acceptors (Lipinski definition) is 5. The Kier molecular flexibility index (Phi) is 2.58. The Morgan fingerprint density at radius 2 is 1.74 bits per heavy atom. The summed E-state index contributed by atoms with van der Waals surface area (Å²) in [6, 6.07) is 0. The quantitative estimate of drug-likeness (QED) is 0.643. The summed E-state index contributed by atoms with van der Waals surface area (Å²) in [5, 5.41) is 8.95. The van der Waals surface area contributed by atoms with Crippen LogP contribution in [0.3, 0.4) is 0 Å². The first-order valence-electron chi connectivity index (χ1n) is 5.94. The number of ketones is 1. The third-order valence-electron chi connectivity index (χ3n) is 3.38. The number of carbonyl (C=O) groups is 2. The Morgan fingerprint density at radius 3 is 2.37 bits per heavy atom.